The van der Waals surface area contributed by atoms with Crippen LogP contribution in [-0.2, 0) is 28.6 Å². The van der Waals surface area contributed by atoms with Crippen molar-refractivity contribution in [3.8, 4) is 0 Å². The smallest absolute Gasteiger partial charge is 0.306 e. The van der Waals surface area contributed by atoms with Gasteiger partial charge in [0.2, 0.25) is 0 Å². The lowest BCUT2D eigenvalue weighted by Crippen LogP contribution is -2.30. The van der Waals surface area contributed by atoms with Crippen molar-refractivity contribution in [2.75, 3.05) is 13.2 Å². The van der Waals surface area contributed by atoms with Crippen LogP contribution >= 0.6 is 0 Å². The highest BCUT2D eigenvalue weighted by Crippen LogP contribution is 2.14. The number of unbranched alkanes of at least 4 members (excludes halogenated alkanes) is 21. The highest BCUT2D eigenvalue weighted by Gasteiger charge is 2.19. The van der Waals surface area contributed by atoms with Gasteiger partial charge in [0.1, 0.15) is 13.2 Å². The van der Waals surface area contributed by atoms with Crippen molar-refractivity contribution in [3.05, 3.63) is 134 Å². The van der Waals surface area contributed by atoms with Crippen molar-refractivity contribution < 1.29 is 28.6 Å². The van der Waals surface area contributed by atoms with Crippen LogP contribution in [0.25, 0.3) is 0 Å². The van der Waals surface area contributed by atoms with E-state index in [1.165, 1.54) is 77.0 Å². The topological polar surface area (TPSA) is 78.9 Å². The Morgan fingerprint density at radius 1 is 0.280 bits per heavy atom. The molecule has 1 atom stereocenters. The zero-order valence-corrected chi connectivity index (χ0v) is 48.5. The van der Waals surface area contributed by atoms with Crippen LogP contribution in [0.1, 0.15) is 265 Å². The molecule has 0 aromatic carbocycles. The van der Waals surface area contributed by atoms with Gasteiger partial charge in [0, 0.05) is 19.3 Å². The molecule has 6 nitrogen and oxygen atoms in total. The number of hydrogen-bond donors (Lipinski definition) is 0. The van der Waals surface area contributed by atoms with Gasteiger partial charge in [-0.1, -0.05) is 244 Å². The maximum absolute atomic E-state index is 12.9. The first kappa shape index (κ1) is 70.5. The second-order valence-electron chi connectivity index (χ2n) is 19.9. The van der Waals surface area contributed by atoms with E-state index < -0.39 is 6.10 Å². The molecular formula is C69H112O6. The van der Waals surface area contributed by atoms with Crippen molar-refractivity contribution in [2.45, 2.75) is 271 Å². The quantitative estimate of drug-likeness (QED) is 0.0261. The summed E-state index contributed by atoms with van der Waals surface area (Å²) in [4.78, 5) is 38.2. The highest BCUT2D eigenvalue weighted by atomic mass is 16.6. The number of hydrogen-bond acceptors (Lipinski definition) is 6. The molecule has 0 N–H and O–H groups in total. The standard InChI is InChI=1S/C69H112O6/c1-4-7-10-13-16-19-22-25-27-29-31-33-34-36-37-39-41-44-47-50-53-56-59-62-68(71)74-65-66(64-73-67(70)61-58-55-52-49-46-43-24-21-18-15-12-9-6-3)75-69(72)63-60-57-54-51-48-45-42-40-38-35-32-30-28-26-23-20-17-14-11-8-5-2/h8,11-12,15,17,20-22,24-26,28-29,31-32,34-36,40,42,48,51,66H,4-7,9-10,13-14,16,18-19,23,27,30,33,37-39,41,43-47,49-50,52-65H2,1-3H3/b11-8-,15-12-,20-17-,24-21-,25-22-,28-26-,31-29-,35-32-,36-34-,42-40-,51-48-. The van der Waals surface area contributed by atoms with E-state index in [1.807, 2.05) is 0 Å². The Morgan fingerprint density at radius 3 is 0.893 bits per heavy atom. The number of carbonyl (C=O) groups excluding carboxylic acids is 3. The predicted octanol–water partition coefficient (Wildman–Crippen LogP) is 21.0. The minimum absolute atomic E-state index is 0.108. The van der Waals surface area contributed by atoms with Gasteiger partial charge in [0.15, 0.2) is 6.10 Å². The van der Waals surface area contributed by atoms with Crippen LogP contribution in [0.4, 0.5) is 0 Å². The van der Waals surface area contributed by atoms with Gasteiger partial charge in [-0.2, -0.15) is 0 Å². The molecule has 0 amide bonds. The molecule has 0 heterocycles. The summed E-state index contributed by atoms with van der Waals surface area (Å²) in [6, 6.07) is 0. The fourth-order valence-corrected chi connectivity index (χ4v) is 8.02. The minimum Gasteiger partial charge on any atom is -0.462 e. The van der Waals surface area contributed by atoms with Gasteiger partial charge >= 0.3 is 17.9 Å². The molecule has 0 saturated carbocycles. The van der Waals surface area contributed by atoms with Crippen molar-refractivity contribution in [2.24, 2.45) is 0 Å². The summed E-state index contributed by atoms with van der Waals surface area (Å²) >= 11 is 0. The Balaban J connectivity index is 4.47. The molecule has 0 aliphatic carbocycles. The molecule has 0 fully saturated rings. The first-order valence-electron chi connectivity index (χ1n) is 30.7. The maximum atomic E-state index is 12.9. The molecule has 0 aliphatic rings. The SMILES string of the molecule is CC/C=C\C/C=C\C/C=C\C/C=C\C/C=C\C/C=C\CCCCC(=O)OC(COC(=O)CCCCCCC/C=C\C/C=C\CCC)COC(=O)CCCCCCCCCC/C=C\C/C=C\C/C=C\CCCCCCC. The van der Waals surface area contributed by atoms with Crippen molar-refractivity contribution >= 4 is 17.9 Å². The lowest BCUT2D eigenvalue weighted by atomic mass is 10.1. The predicted molar refractivity (Wildman–Crippen MR) is 325 cm³/mol. The van der Waals surface area contributed by atoms with Crippen LogP contribution in [0.5, 0.6) is 0 Å². The average molecular weight is 1040 g/mol. The fraction of sp³-hybridized carbons (Fsp3) is 0.638. The summed E-state index contributed by atoms with van der Waals surface area (Å²) in [5.74, 6) is -0.975. The summed E-state index contributed by atoms with van der Waals surface area (Å²) in [5, 5.41) is 0. The third-order valence-electron chi connectivity index (χ3n) is 12.6. The molecule has 6 heteroatoms. The van der Waals surface area contributed by atoms with Crippen LogP contribution in [0, 0.1) is 0 Å². The minimum atomic E-state index is -0.816. The Kier molecular flexibility index (Phi) is 58.4. The number of carbonyl (C=O) groups is 3. The fourth-order valence-electron chi connectivity index (χ4n) is 8.02. The monoisotopic (exact) mass is 1040 g/mol. The molecular weight excluding hydrogens is 925 g/mol. The highest BCUT2D eigenvalue weighted by molar-refractivity contribution is 5.71. The van der Waals surface area contributed by atoms with Crippen LogP contribution < -0.4 is 0 Å². The van der Waals surface area contributed by atoms with Gasteiger partial charge in [-0.05, 0) is 135 Å². The summed E-state index contributed by atoms with van der Waals surface area (Å²) < 4.78 is 16.8. The third-order valence-corrected chi connectivity index (χ3v) is 12.6. The molecule has 75 heavy (non-hydrogen) atoms. The molecule has 0 radical (unpaired) electrons. The lowest BCUT2D eigenvalue weighted by molar-refractivity contribution is -0.167. The van der Waals surface area contributed by atoms with Crippen LogP contribution in [0.3, 0.4) is 0 Å². The summed E-state index contributed by atoms with van der Waals surface area (Å²) in [5.41, 5.74) is 0. The largest absolute Gasteiger partial charge is 0.462 e. The average Bonchev–Trinajstić information content (AvgIpc) is 3.41. The van der Waals surface area contributed by atoms with E-state index in [1.54, 1.807) is 0 Å². The Morgan fingerprint density at radius 2 is 0.547 bits per heavy atom. The molecule has 0 saturated heterocycles. The second kappa shape index (κ2) is 62.1. The first-order chi connectivity index (χ1) is 37.0. The van der Waals surface area contributed by atoms with E-state index in [-0.39, 0.29) is 37.5 Å². The molecule has 0 rings (SSSR count). The summed E-state index contributed by atoms with van der Waals surface area (Å²) in [6.45, 7) is 6.40. The molecule has 1 unspecified atom stereocenters. The van der Waals surface area contributed by atoms with E-state index in [9.17, 15) is 14.4 Å². The molecule has 0 spiro atoms. The summed E-state index contributed by atoms with van der Waals surface area (Å²) in [6.07, 6.45) is 87.3. The van der Waals surface area contributed by atoms with Crippen molar-refractivity contribution in [1.29, 1.82) is 0 Å². The Labute approximate surface area is 462 Å². The zero-order valence-electron chi connectivity index (χ0n) is 48.5. The zero-order chi connectivity index (χ0) is 54.3. The Bertz CT molecular complexity index is 1620. The normalized spacial score (nSPS) is 13.1. The lowest BCUT2D eigenvalue weighted by Gasteiger charge is -2.18. The maximum Gasteiger partial charge on any atom is 0.306 e. The van der Waals surface area contributed by atoms with Gasteiger partial charge in [0.25, 0.3) is 0 Å². The van der Waals surface area contributed by atoms with Gasteiger partial charge < -0.3 is 14.2 Å². The van der Waals surface area contributed by atoms with Gasteiger partial charge in [-0.25, -0.2) is 0 Å². The molecule has 0 aromatic rings. The van der Waals surface area contributed by atoms with Crippen molar-refractivity contribution in [1.82, 2.24) is 0 Å². The van der Waals surface area contributed by atoms with Crippen LogP contribution in [-0.4, -0.2) is 37.2 Å². The number of allylic oxidation sites excluding steroid dienone is 22. The van der Waals surface area contributed by atoms with E-state index in [4.69, 9.17) is 14.2 Å². The molecule has 424 valence electrons. The molecule has 0 aromatic heterocycles. The second-order valence-corrected chi connectivity index (χ2v) is 19.9. The molecule has 0 bridgehead atoms. The van der Waals surface area contributed by atoms with Gasteiger partial charge in [-0.15, -0.1) is 0 Å². The number of ether oxygens (including phenoxy) is 3. The van der Waals surface area contributed by atoms with E-state index in [0.717, 1.165) is 141 Å². The van der Waals surface area contributed by atoms with Gasteiger partial charge in [0.05, 0.1) is 0 Å². The van der Waals surface area contributed by atoms with Crippen LogP contribution in [0.2, 0.25) is 0 Å². The number of rotatable bonds is 54. The number of esters is 3. The third kappa shape index (κ3) is 60.3. The Hall–Kier alpha value is -4.45. The van der Waals surface area contributed by atoms with E-state index >= 15 is 0 Å². The molecule has 0 aliphatic heterocycles. The van der Waals surface area contributed by atoms with E-state index in [0.29, 0.717) is 19.3 Å². The van der Waals surface area contributed by atoms with Crippen molar-refractivity contribution in [3.63, 3.8) is 0 Å². The summed E-state index contributed by atoms with van der Waals surface area (Å²) in [7, 11) is 0. The first-order valence-corrected chi connectivity index (χ1v) is 30.7. The van der Waals surface area contributed by atoms with Gasteiger partial charge in [-0.3, -0.25) is 14.4 Å². The van der Waals surface area contributed by atoms with Crippen LogP contribution in [0.15, 0.2) is 134 Å². The van der Waals surface area contributed by atoms with E-state index in [2.05, 4.69) is 154 Å².